The van der Waals surface area contributed by atoms with Crippen LogP contribution in [0.25, 0.3) is 10.6 Å². The van der Waals surface area contributed by atoms with Crippen molar-refractivity contribution < 1.29 is 19.1 Å². The molecule has 1 heterocycles. The molecule has 0 aliphatic rings. The molecule has 1 aromatic heterocycles. The van der Waals surface area contributed by atoms with E-state index in [-0.39, 0.29) is 21.1 Å². The highest BCUT2D eigenvalue weighted by Gasteiger charge is 2.22. The lowest BCUT2D eigenvalue weighted by Gasteiger charge is -1.98. The van der Waals surface area contributed by atoms with Crippen molar-refractivity contribution in [2.45, 2.75) is 6.92 Å². The van der Waals surface area contributed by atoms with Crippen LogP contribution in [0.5, 0.6) is 0 Å². The molecule has 0 spiro atoms. The van der Waals surface area contributed by atoms with Crippen molar-refractivity contribution >= 4 is 39.0 Å². The van der Waals surface area contributed by atoms with Crippen molar-refractivity contribution in [2.24, 2.45) is 0 Å². The average Bonchev–Trinajstić information content (AvgIpc) is 2.73. The molecule has 0 aliphatic carbocycles. The summed E-state index contributed by atoms with van der Waals surface area (Å²) in [5.41, 5.74) is -0.169. The minimum Gasteiger partial charge on any atom is -0.476 e. The van der Waals surface area contributed by atoms with E-state index in [0.29, 0.717) is 4.47 Å². The summed E-state index contributed by atoms with van der Waals surface area (Å²) in [5.74, 6) is -2.24. The Morgan fingerprint density at radius 2 is 2.11 bits per heavy atom. The maximum atomic E-state index is 13.8. The van der Waals surface area contributed by atoms with E-state index in [2.05, 4.69) is 20.9 Å². The minimum absolute atomic E-state index is 0.0184. The molecule has 1 aromatic carbocycles. The molecule has 19 heavy (non-hydrogen) atoms. The molecule has 2 rings (SSSR count). The summed E-state index contributed by atoms with van der Waals surface area (Å²) < 4.78 is 14.3. The first kappa shape index (κ1) is 13.8. The Balaban J connectivity index is 2.60. The van der Waals surface area contributed by atoms with E-state index in [9.17, 15) is 14.0 Å². The van der Waals surface area contributed by atoms with Gasteiger partial charge in [0.05, 0.1) is 0 Å². The number of halogens is 2. The summed E-state index contributed by atoms with van der Waals surface area (Å²) in [6.07, 6.45) is 0. The highest BCUT2D eigenvalue weighted by molar-refractivity contribution is 9.10. The van der Waals surface area contributed by atoms with E-state index in [1.807, 2.05) is 0 Å². The number of Topliss-reactive ketones (excluding diaryl/α,β-unsaturated/α-hetero) is 1. The average molecular weight is 344 g/mol. The van der Waals surface area contributed by atoms with Gasteiger partial charge in [-0.05, 0) is 18.2 Å². The summed E-state index contributed by atoms with van der Waals surface area (Å²) in [5, 5.41) is 9.15. The van der Waals surface area contributed by atoms with Crippen molar-refractivity contribution in [3.63, 3.8) is 0 Å². The summed E-state index contributed by atoms with van der Waals surface area (Å²) in [4.78, 5) is 26.2. The van der Waals surface area contributed by atoms with Gasteiger partial charge in [-0.3, -0.25) is 4.79 Å². The number of rotatable bonds is 3. The van der Waals surface area contributed by atoms with E-state index in [1.54, 1.807) is 6.07 Å². The van der Waals surface area contributed by atoms with Crippen molar-refractivity contribution in [2.75, 3.05) is 0 Å². The monoisotopic (exact) mass is 343 g/mol. The highest BCUT2D eigenvalue weighted by Crippen LogP contribution is 2.31. The quantitative estimate of drug-likeness (QED) is 0.864. The Labute approximate surface area is 120 Å². The standard InChI is InChI=1S/C12H7BrFNO3S/c1-5(16)10-9(12(17)18)15-11(19-10)7-3-2-6(13)4-8(7)14/h2-4H,1H3,(H,17,18). The van der Waals surface area contributed by atoms with Gasteiger partial charge in [0.1, 0.15) is 15.7 Å². The molecule has 0 saturated carbocycles. The number of ketones is 1. The maximum absolute atomic E-state index is 13.8. The number of carboxylic acid groups (broad SMARTS) is 1. The summed E-state index contributed by atoms with van der Waals surface area (Å²) in [6.45, 7) is 1.25. The Hall–Kier alpha value is -1.60. The first-order chi connectivity index (χ1) is 8.90. The van der Waals surface area contributed by atoms with Crippen LogP contribution in [0.2, 0.25) is 0 Å². The zero-order valence-electron chi connectivity index (χ0n) is 9.61. The number of aromatic carboxylic acids is 1. The van der Waals surface area contributed by atoms with Crippen LogP contribution in [0.15, 0.2) is 22.7 Å². The number of carbonyl (C=O) groups excluding carboxylic acids is 1. The molecule has 0 fully saturated rings. The predicted molar refractivity (Wildman–Crippen MR) is 72.2 cm³/mol. The van der Waals surface area contributed by atoms with E-state index < -0.39 is 17.6 Å². The lowest BCUT2D eigenvalue weighted by molar-refractivity contribution is 0.0687. The van der Waals surface area contributed by atoms with Gasteiger partial charge in [0, 0.05) is 17.0 Å². The van der Waals surface area contributed by atoms with Crippen LogP contribution in [0, 0.1) is 5.82 Å². The van der Waals surface area contributed by atoms with Crippen molar-refractivity contribution in [3.05, 3.63) is 39.1 Å². The van der Waals surface area contributed by atoms with Crippen molar-refractivity contribution in [1.29, 1.82) is 0 Å². The number of carbonyl (C=O) groups is 2. The minimum atomic E-state index is -1.30. The van der Waals surface area contributed by atoms with Gasteiger partial charge in [-0.15, -0.1) is 11.3 Å². The molecule has 0 saturated heterocycles. The fourth-order valence-corrected chi connectivity index (χ4v) is 2.79. The third-order valence-corrected chi connectivity index (χ3v) is 3.99. The fraction of sp³-hybridized carbons (Fsp3) is 0.0833. The van der Waals surface area contributed by atoms with Crippen LogP contribution in [-0.2, 0) is 0 Å². The van der Waals surface area contributed by atoms with Crippen molar-refractivity contribution in [3.8, 4) is 10.6 Å². The number of nitrogens with zero attached hydrogens (tertiary/aromatic N) is 1. The SMILES string of the molecule is CC(=O)c1sc(-c2ccc(Br)cc2F)nc1C(=O)O. The highest BCUT2D eigenvalue weighted by atomic mass is 79.9. The van der Waals surface area contributed by atoms with Gasteiger partial charge in [-0.25, -0.2) is 14.2 Å². The summed E-state index contributed by atoms with van der Waals surface area (Å²) >= 11 is 4.00. The molecular weight excluding hydrogens is 337 g/mol. The van der Waals surface area contributed by atoms with E-state index >= 15 is 0 Å². The lowest BCUT2D eigenvalue weighted by atomic mass is 10.2. The van der Waals surface area contributed by atoms with E-state index in [0.717, 1.165) is 11.3 Å². The molecule has 98 valence electrons. The van der Waals surface area contributed by atoms with Gasteiger partial charge in [0.25, 0.3) is 0 Å². The van der Waals surface area contributed by atoms with Crippen LogP contribution < -0.4 is 0 Å². The van der Waals surface area contributed by atoms with Crippen LogP contribution in [0.4, 0.5) is 4.39 Å². The molecule has 0 aliphatic heterocycles. The van der Waals surface area contributed by atoms with Gasteiger partial charge in [-0.1, -0.05) is 15.9 Å². The van der Waals surface area contributed by atoms with Gasteiger partial charge in [0.15, 0.2) is 11.5 Å². The molecule has 0 unspecified atom stereocenters. The first-order valence-corrected chi connectivity index (χ1v) is 6.71. The molecule has 0 radical (unpaired) electrons. The Morgan fingerprint density at radius 1 is 1.42 bits per heavy atom. The second kappa shape index (κ2) is 5.18. The molecule has 0 atom stereocenters. The Kier molecular flexibility index (Phi) is 3.77. The molecule has 1 N–H and O–H groups in total. The van der Waals surface area contributed by atoms with Crippen LogP contribution in [0.3, 0.4) is 0 Å². The molecule has 7 heteroatoms. The van der Waals surface area contributed by atoms with Crippen molar-refractivity contribution in [1.82, 2.24) is 4.98 Å². The maximum Gasteiger partial charge on any atom is 0.356 e. The molecule has 0 bridgehead atoms. The summed E-state index contributed by atoms with van der Waals surface area (Å²) in [6, 6.07) is 4.35. The number of hydrogen-bond donors (Lipinski definition) is 1. The lowest BCUT2D eigenvalue weighted by Crippen LogP contribution is -2.03. The first-order valence-electron chi connectivity index (χ1n) is 5.10. The number of benzene rings is 1. The normalized spacial score (nSPS) is 10.5. The van der Waals surface area contributed by atoms with E-state index in [4.69, 9.17) is 5.11 Å². The Bertz CT molecular complexity index is 652. The predicted octanol–water partition coefficient (Wildman–Crippen LogP) is 3.61. The van der Waals surface area contributed by atoms with Gasteiger partial charge in [-0.2, -0.15) is 0 Å². The number of aromatic nitrogens is 1. The second-order valence-corrected chi connectivity index (χ2v) is 5.60. The number of hydrogen-bond acceptors (Lipinski definition) is 4. The topological polar surface area (TPSA) is 67.3 Å². The number of thiazole rings is 1. The van der Waals surface area contributed by atoms with Crippen LogP contribution in [0.1, 0.15) is 27.1 Å². The van der Waals surface area contributed by atoms with Gasteiger partial charge in [0.2, 0.25) is 0 Å². The zero-order valence-corrected chi connectivity index (χ0v) is 12.0. The third-order valence-electron chi connectivity index (χ3n) is 2.31. The van der Waals surface area contributed by atoms with Gasteiger partial charge < -0.3 is 5.11 Å². The molecular formula is C12H7BrFNO3S. The third kappa shape index (κ3) is 2.71. The van der Waals surface area contributed by atoms with Gasteiger partial charge >= 0.3 is 5.97 Å². The van der Waals surface area contributed by atoms with Crippen LogP contribution >= 0.6 is 27.3 Å². The Morgan fingerprint density at radius 3 is 2.58 bits per heavy atom. The largest absolute Gasteiger partial charge is 0.476 e. The second-order valence-electron chi connectivity index (χ2n) is 3.68. The molecule has 2 aromatic rings. The molecule has 4 nitrogen and oxygen atoms in total. The number of carboxylic acids is 1. The molecule has 0 amide bonds. The van der Waals surface area contributed by atoms with Crippen LogP contribution in [-0.4, -0.2) is 21.8 Å². The van der Waals surface area contributed by atoms with E-state index in [1.165, 1.54) is 19.1 Å². The zero-order chi connectivity index (χ0) is 14.2. The fourth-order valence-electron chi connectivity index (χ4n) is 1.48. The smallest absolute Gasteiger partial charge is 0.356 e. The summed E-state index contributed by atoms with van der Waals surface area (Å²) in [7, 11) is 0.